The summed E-state index contributed by atoms with van der Waals surface area (Å²) < 4.78 is 0. The third-order valence-corrected chi connectivity index (χ3v) is 3.62. The third-order valence-electron chi connectivity index (χ3n) is 2.40. The van der Waals surface area contributed by atoms with Gasteiger partial charge in [-0.15, -0.1) is 11.3 Å². The second kappa shape index (κ2) is 5.30. The lowest BCUT2D eigenvalue weighted by atomic mass is 10.1. The molecule has 2 aromatic rings. The molecule has 0 radical (unpaired) electrons. The van der Waals surface area contributed by atoms with Crippen LogP contribution in [0.2, 0.25) is 5.02 Å². The number of hydrogen-bond acceptors (Lipinski definition) is 2. The van der Waals surface area contributed by atoms with E-state index in [0.29, 0.717) is 10.6 Å². The molecule has 1 aromatic heterocycles. The van der Waals surface area contributed by atoms with Gasteiger partial charge in [0, 0.05) is 15.5 Å². The van der Waals surface area contributed by atoms with Crippen molar-refractivity contribution in [1.29, 1.82) is 0 Å². The first-order valence-corrected chi connectivity index (χ1v) is 6.44. The number of halogens is 1. The predicted octanol–water partition coefficient (Wildman–Crippen LogP) is 4.61. The van der Waals surface area contributed by atoms with Crippen LogP contribution in [0.4, 0.5) is 0 Å². The number of allylic oxidation sites excluding steroid dienone is 1. The van der Waals surface area contributed by atoms with Crippen molar-refractivity contribution in [3.05, 3.63) is 62.8 Å². The Hall–Kier alpha value is -1.38. The van der Waals surface area contributed by atoms with Crippen molar-refractivity contribution < 1.29 is 4.79 Å². The molecule has 0 saturated carbocycles. The van der Waals surface area contributed by atoms with Crippen LogP contribution < -0.4 is 0 Å². The quantitative estimate of drug-likeness (QED) is 0.583. The highest BCUT2D eigenvalue weighted by atomic mass is 35.5. The van der Waals surface area contributed by atoms with Gasteiger partial charge in [0.05, 0.1) is 0 Å². The van der Waals surface area contributed by atoms with Gasteiger partial charge < -0.3 is 0 Å². The van der Waals surface area contributed by atoms with Gasteiger partial charge in [0.2, 0.25) is 0 Å². The van der Waals surface area contributed by atoms with Gasteiger partial charge in [0.25, 0.3) is 0 Å². The minimum Gasteiger partial charge on any atom is -0.289 e. The number of carbonyl (C=O) groups is 1. The van der Waals surface area contributed by atoms with E-state index in [-0.39, 0.29) is 5.78 Å². The summed E-state index contributed by atoms with van der Waals surface area (Å²) in [7, 11) is 0. The Morgan fingerprint density at radius 3 is 2.82 bits per heavy atom. The topological polar surface area (TPSA) is 17.1 Å². The highest BCUT2D eigenvalue weighted by Gasteiger charge is 2.02. The second-order valence-corrected chi connectivity index (χ2v) is 5.06. The van der Waals surface area contributed by atoms with Gasteiger partial charge in [-0.1, -0.05) is 23.7 Å². The zero-order chi connectivity index (χ0) is 12.3. The summed E-state index contributed by atoms with van der Waals surface area (Å²) in [6.07, 6.45) is 3.44. The molecule has 0 spiro atoms. The van der Waals surface area contributed by atoms with Crippen LogP contribution in [0.1, 0.15) is 20.8 Å². The first-order valence-electron chi connectivity index (χ1n) is 5.19. The van der Waals surface area contributed by atoms with Crippen molar-refractivity contribution >= 4 is 34.8 Å². The van der Waals surface area contributed by atoms with Gasteiger partial charge in [-0.25, -0.2) is 0 Å². The molecule has 0 fully saturated rings. The van der Waals surface area contributed by atoms with Gasteiger partial charge >= 0.3 is 0 Å². The van der Waals surface area contributed by atoms with Crippen LogP contribution in [-0.4, -0.2) is 5.78 Å². The van der Waals surface area contributed by atoms with E-state index in [1.165, 1.54) is 5.56 Å². The molecule has 0 aliphatic heterocycles. The number of benzene rings is 1. The minimum absolute atomic E-state index is 0.0275. The van der Waals surface area contributed by atoms with Crippen molar-refractivity contribution in [3.8, 4) is 0 Å². The van der Waals surface area contributed by atoms with Crippen LogP contribution in [0.3, 0.4) is 0 Å². The first kappa shape index (κ1) is 12.1. The summed E-state index contributed by atoms with van der Waals surface area (Å²) in [4.78, 5) is 13.0. The van der Waals surface area contributed by atoms with Crippen molar-refractivity contribution in [3.63, 3.8) is 0 Å². The summed E-state index contributed by atoms with van der Waals surface area (Å²) in [5.41, 5.74) is 1.80. The fourth-order valence-electron chi connectivity index (χ4n) is 1.44. The number of rotatable bonds is 3. The fraction of sp³-hybridized carbons (Fsp3) is 0.0714. The maximum absolute atomic E-state index is 11.9. The van der Waals surface area contributed by atoms with E-state index in [0.717, 1.165) is 4.88 Å². The minimum atomic E-state index is -0.0275. The Balaban J connectivity index is 2.17. The molecule has 2 rings (SSSR count). The average Bonchev–Trinajstić information content (AvgIpc) is 2.72. The molecule has 0 aliphatic carbocycles. The van der Waals surface area contributed by atoms with Crippen molar-refractivity contribution in [2.75, 3.05) is 0 Å². The molecule has 86 valence electrons. The summed E-state index contributed by atoms with van der Waals surface area (Å²) in [6.45, 7) is 2.03. The molecule has 1 aromatic carbocycles. The van der Waals surface area contributed by atoms with Crippen LogP contribution in [0.5, 0.6) is 0 Å². The number of aryl methyl sites for hydroxylation is 1. The zero-order valence-corrected chi connectivity index (χ0v) is 10.9. The normalized spacial score (nSPS) is 10.9. The van der Waals surface area contributed by atoms with Crippen molar-refractivity contribution in [2.24, 2.45) is 0 Å². The molecule has 0 bridgehead atoms. The Morgan fingerprint density at radius 2 is 2.18 bits per heavy atom. The molecule has 1 heterocycles. The molecule has 3 heteroatoms. The van der Waals surface area contributed by atoms with Gasteiger partial charge in [-0.3, -0.25) is 4.79 Å². The van der Waals surface area contributed by atoms with Gasteiger partial charge in [0.15, 0.2) is 5.78 Å². The molecule has 0 N–H and O–H groups in total. The largest absolute Gasteiger partial charge is 0.289 e. The number of thiophene rings is 1. The maximum atomic E-state index is 11.9. The molecule has 0 amide bonds. The van der Waals surface area contributed by atoms with E-state index in [4.69, 9.17) is 11.6 Å². The Labute approximate surface area is 109 Å². The molecule has 17 heavy (non-hydrogen) atoms. The number of hydrogen-bond donors (Lipinski definition) is 0. The summed E-state index contributed by atoms with van der Waals surface area (Å²) in [5.74, 6) is -0.0275. The van der Waals surface area contributed by atoms with E-state index in [2.05, 4.69) is 0 Å². The Kier molecular flexibility index (Phi) is 3.77. The highest BCUT2D eigenvalue weighted by molar-refractivity contribution is 7.11. The summed E-state index contributed by atoms with van der Waals surface area (Å²) >= 11 is 7.46. The highest BCUT2D eigenvalue weighted by Crippen LogP contribution is 2.18. The zero-order valence-electron chi connectivity index (χ0n) is 9.31. The summed E-state index contributed by atoms with van der Waals surface area (Å²) in [6, 6.07) is 9.01. The average molecular weight is 263 g/mol. The van der Waals surface area contributed by atoms with Crippen LogP contribution >= 0.6 is 22.9 Å². The fourth-order valence-corrected chi connectivity index (χ4v) is 2.45. The van der Waals surface area contributed by atoms with Crippen LogP contribution in [0.15, 0.2) is 41.8 Å². The standard InChI is InChI=1S/C14H11ClOS/c1-10-7-8-17-14(10)6-5-13(16)11-3-2-4-12(15)9-11/h2-9H,1H3/b6-5+. The van der Waals surface area contributed by atoms with Gasteiger partial charge in [-0.05, 0) is 48.2 Å². The maximum Gasteiger partial charge on any atom is 0.185 e. The molecular weight excluding hydrogens is 252 g/mol. The van der Waals surface area contributed by atoms with E-state index < -0.39 is 0 Å². The molecule has 0 saturated heterocycles. The van der Waals surface area contributed by atoms with E-state index in [9.17, 15) is 4.79 Å². The number of ketones is 1. The first-order chi connectivity index (χ1) is 8.16. The smallest absolute Gasteiger partial charge is 0.185 e. The SMILES string of the molecule is Cc1ccsc1/C=C/C(=O)c1cccc(Cl)c1. The molecule has 0 unspecified atom stereocenters. The number of carbonyl (C=O) groups excluding carboxylic acids is 1. The Bertz CT molecular complexity index is 569. The molecule has 0 aliphatic rings. The van der Waals surface area contributed by atoms with E-state index in [1.54, 1.807) is 41.7 Å². The van der Waals surface area contributed by atoms with E-state index >= 15 is 0 Å². The third kappa shape index (κ3) is 3.05. The Morgan fingerprint density at radius 1 is 1.35 bits per heavy atom. The van der Waals surface area contributed by atoms with Gasteiger partial charge in [0.1, 0.15) is 0 Å². The predicted molar refractivity (Wildman–Crippen MR) is 73.9 cm³/mol. The second-order valence-electron chi connectivity index (χ2n) is 3.68. The molecule has 0 atom stereocenters. The van der Waals surface area contributed by atoms with Gasteiger partial charge in [-0.2, -0.15) is 0 Å². The van der Waals surface area contributed by atoms with E-state index in [1.807, 2.05) is 24.4 Å². The van der Waals surface area contributed by atoms with Crippen LogP contribution in [0, 0.1) is 6.92 Å². The lowest BCUT2D eigenvalue weighted by Gasteiger charge is -1.96. The van der Waals surface area contributed by atoms with Crippen LogP contribution in [-0.2, 0) is 0 Å². The van der Waals surface area contributed by atoms with Crippen LogP contribution in [0.25, 0.3) is 6.08 Å². The van der Waals surface area contributed by atoms with Crippen molar-refractivity contribution in [2.45, 2.75) is 6.92 Å². The molecule has 1 nitrogen and oxygen atoms in total. The lowest BCUT2D eigenvalue weighted by molar-refractivity contribution is 0.104. The lowest BCUT2D eigenvalue weighted by Crippen LogP contribution is -1.93. The summed E-state index contributed by atoms with van der Waals surface area (Å²) in [5, 5.41) is 2.59. The molecular formula is C14H11ClOS. The monoisotopic (exact) mass is 262 g/mol. The van der Waals surface area contributed by atoms with Crippen molar-refractivity contribution in [1.82, 2.24) is 0 Å².